The Kier molecular flexibility index (Phi) is 4.36. The molecule has 2 N–H and O–H groups in total. The highest BCUT2D eigenvalue weighted by atomic mass is 16.5. The van der Waals surface area contributed by atoms with Crippen molar-refractivity contribution in [1.82, 2.24) is 14.6 Å². The molecule has 1 aromatic carbocycles. The van der Waals surface area contributed by atoms with Gasteiger partial charge in [0, 0.05) is 37.6 Å². The predicted octanol–water partition coefficient (Wildman–Crippen LogP) is 1.70. The summed E-state index contributed by atoms with van der Waals surface area (Å²) in [4.78, 5) is 31.3. The van der Waals surface area contributed by atoms with Gasteiger partial charge in [-0.05, 0) is 30.2 Å². The first kappa shape index (κ1) is 17.6. The molecule has 2 aliphatic rings. The number of ether oxygens (including phenoxy) is 1. The molecule has 9 nitrogen and oxygen atoms in total. The lowest BCUT2D eigenvalue weighted by atomic mass is 10.0. The van der Waals surface area contributed by atoms with Crippen LogP contribution in [0.25, 0.3) is 5.65 Å². The molecule has 29 heavy (non-hydrogen) atoms. The fourth-order valence-corrected chi connectivity index (χ4v) is 3.76. The number of nitrogens with one attached hydrogen (secondary N) is 2. The summed E-state index contributed by atoms with van der Waals surface area (Å²) in [5.74, 6) is -0.257. The van der Waals surface area contributed by atoms with Crippen molar-refractivity contribution in [1.29, 1.82) is 0 Å². The maximum atomic E-state index is 13.0. The number of aryl methyl sites for hydroxylation is 1. The Morgan fingerprint density at radius 2 is 2.07 bits per heavy atom. The average Bonchev–Trinajstić information content (AvgIpc) is 3.18. The van der Waals surface area contributed by atoms with Crippen molar-refractivity contribution >= 4 is 34.5 Å². The van der Waals surface area contributed by atoms with Gasteiger partial charge in [0.05, 0.1) is 30.8 Å². The van der Waals surface area contributed by atoms with E-state index in [1.54, 1.807) is 23.0 Å². The van der Waals surface area contributed by atoms with Gasteiger partial charge in [0.15, 0.2) is 5.65 Å². The number of amides is 2. The van der Waals surface area contributed by atoms with Crippen molar-refractivity contribution in [2.45, 2.75) is 12.8 Å². The minimum Gasteiger partial charge on any atom is -0.378 e. The van der Waals surface area contributed by atoms with Gasteiger partial charge in [-0.15, -0.1) is 0 Å². The van der Waals surface area contributed by atoms with Crippen molar-refractivity contribution in [3.63, 3.8) is 0 Å². The monoisotopic (exact) mass is 392 g/mol. The van der Waals surface area contributed by atoms with E-state index in [-0.39, 0.29) is 11.8 Å². The summed E-state index contributed by atoms with van der Waals surface area (Å²) in [6.07, 6.45) is 5.99. The molecule has 2 amide bonds. The van der Waals surface area contributed by atoms with Crippen molar-refractivity contribution in [2.24, 2.45) is 0 Å². The molecule has 2 aliphatic heterocycles. The topological polar surface area (TPSA) is 101 Å². The normalized spacial score (nSPS) is 16.4. The lowest BCUT2D eigenvalue weighted by molar-refractivity contribution is -0.116. The SMILES string of the molecule is O=C1CCc2cc(NC(=O)c3cnn4cccnc34)c(N3CCOCC3)cc2N1. The summed E-state index contributed by atoms with van der Waals surface area (Å²) in [7, 11) is 0. The number of anilines is 3. The van der Waals surface area contributed by atoms with Gasteiger partial charge in [-0.2, -0.15) is 5.10 Å². The van der Waals surface area contributed by atoms with Crippen LogP contribution >= 0.6 is 0 Å². The van der Waals surface area contributed by atoms with Crippen LogP contribution in [-0.2, 0) is 16.0 Å². The van der Waals surface area contributed by atoms with Crippen LogP contribution in [0.1, 0.15) is 22.3 Å². The third-order valence-electron chi connectivity index (χ3n) is 5.24. The fraction of sp³-hybridized carbons (Fsp3) is 0.300. The molecule has 4 heterocycles. The number of nitrogens with zero attached hydrogens (tertiary/aromatic N) is 4. The molecule has 5 rings (SSSR count). The maximum absolute atomic E-state index is 13.0. The quantitative estimate of drug-likeness (QED) is 0.704. The van der Waals surface area contributed by atoms with Crippen molar-refractivity contribution in [2.75, 3.05) is 41.8 Å². The second-order valence-corrected chi connectivity index (χ2v) is 7.07. The molecule has 148 valence electrons. The molecule has 0 aliphatic carbocycles. The molecule has 9 heteroatoms. The van der Waals surface area contributed by atoms with Gasteiger partial charge >= 0.3 is 0 Å². The van der Waals surface area contributed by atoms with E-state index in [4.69, 9.17) is 4.74 Å². The summed E-state index contributed by atoms with van der Waals surface area (Å²) in [5.41, 5.74) is 4.30. The van der Waals surface area contributed by atoms with E-state index < -0.39 is 0 Å². The molecule has 0 atom stereocenters. The number of fused-ring (bicyclic) bond motifs is 2. The number of rotatable bonds is 3. The molecule has 3 aromatic rings. The van der Waals surface area contributed by atoms with Gasteiger partial charge < -0.3 is 20.3 Å². The summed E-state index contributed by atoms with van der Waals surface area (Å²) >= 11 is 0. The number of morpholine rings is 1. The minimum atomic E-state index is -0.270. The molecular formula is C20H20N6O3. The van der Waals surface area contributed by atoms with E-state index in [0.29, 0.717) is 56.0 Å². The molecule has 0 bridgehead atoms. The van der Waals surface area contributed by atoms with Gasteiger partial charge in [-0.25, -0.2) is 9.50 Å². The molecule has 0 unspecified atom stereocenters. The van der Waals surface area contributed by atoms with Crippen LogP contribution in [0.2, 0.25) is 0 Å². The first-order valence-electron chi connectivity index (χ1n) is 9.58. The van der Waals surface area contributed by atoms with E-state index in [1.807, 2.05) is 12.1 Å². The van der Waals surface area contributed by atoms with E-state index in [2.05, 4.69) is 25.6 Å². The van der Waals surface area contributed by atoms with E-state index in [0.717, 1.165) is 16.9 Å². The summed E-state index contributed by atoms with van der Waals surface area (Å²) in [5, 5.41) is 10.2. The van der Waals surface area contributed by atoms with E-state index in [9.17, 15) is 9.59 Å². The lowest BCUT2D eigenvalue weighted by Gasteiger charge is -2.32. The first-order valence-corrected chi connectivity index (χ1v) is 9.58. The van der Waals surface area contributed by atoms with E-state index in [1.165, 1.54) is 6.20 Å². The van der Waals surface area contributed by atoms with Gasteiger partial charge in [-0.3, -0.25) is 9.59 Å². The van der Waals surface area contributed by atoms with Crippen LogP contribution in [0.5, 0.6) is 0 Å². The highest BCUT2D eigenvalue weighted by Gasteiger charge is 2.23. The number of carbonyl (C=O) groups excluding carboxylic acids is 2. The lowest BCUT2D eigenvalue weighted by Crippen LogP contribution is -2.37. The molecule has 0 saturated carbocycles. The number of aromatic nitrogens is 3. The van der Waals surface area contributed by atoms with Gasteiger partial charge in [-0.1, -0.05) is 0 Å². The third-order valence-corrected chi connectivity index (χ3v) is 5.24. The average molecular weight is 392 g/mol. The first-order chi connectivity index (χ1) is 14.2. The van der Waals surface area contributed by atoms with Gasteiger partial charge in [0.25, 0.3) is 5.91 Å². The Morgan fingerprint density at radius 1 is 1.21 bits per heavy atom. The number of benzene rings is 1. The van der Waals surface area contributed by atoms with Crippen molar-refractivity contribution < 1.29 is 14.3 Å². The molecular weight excluding hydrogens is 372 g/mol. The molecule has 0 spiro atoms. The number of carbonyl (C=O) groups is 2. The van der Waals surface area contributed by atoms with Crippen LogP contribution in [-0.4, -0.2) is 52.7 Å². The van der Waals surface area contributed by atoms with Gasteiger partial charge in [0.2, 0.25) is 5.91 Å². The second-order valence-electron chi connectivity index (χ2n) is 7.07. The van der Waals surface area contributed by atoms with Gasteiger partial charge in [0.1, 0.15) is 5.56 Å². The third kappa shape index (κ3) is 3.29. The molecule has 0 radical (unpaired) electrons. The largest absolute Gasteiger partial charge is 0.378 e. The zero-order chi connectivity index (χ0) is 19.8. The van der Waals surface area contributed by atoms with E-state index >= 15 is 0 Å². The summed E-state index contributed by atoms with van der Waals surface area (Å²) in [6, 6.07) is 5.66. The smallest absolute Gasteiger partial charge is 0.261 e. The fourth-order valence-electron chi connectivity index (χ4n) is 3.76. The Balaban J connectivity index is 1.52. The van der Waals surface area contributed by atoms with Crippen LogP contribution in [0.4, 0.5) is 17.1 Å². The van der Waals surface area contributed by atoms with Crippen LogP contribution in [0.3, 0.4) is 0 Å². The highest BCUT2D eigenvalue weighted by Crippen LogP contribution is 2.36. The van der Waals surface area contributed by atoms with Crippen LogP contribution in [0.15, 0.2) is 36.8 Å². The molecule has 1 saturated heterocycles. The Bertz CT molecular complexity index is 1100. The molecule has 2 aromatic heterocycles. The predicted molar refractivity (Wildman–Crippen MR) is 107 cm³/mol. The van der Waals surface area contributed by atoms with Crippen LogP contribution < -0.4 is 15.5 Å². The molecule has 1 fully saturated rings. The second kappa shape index (κ2) is 7.17. The summed E-state index contributed by atoms with van der Waals surface area (Å²) < 4.78 is 7.03. The Morgan fingerprint density at radius 3 is 2.93 bits per heavy atom. The minimum absolute atomic E-state index is 0.0136. The standard InChI is InChI=1S/C20H20N6O3/c27-18-3-2-13-10-16(17(11-15(13)23-18)25-6-8-29-9-7-25)24-20(28)14-12-22-26-5-1-4-21-19(14)26/h1,4-5,10-12H,2-3,6-9H2,(H,23,27)(H,24,28). The zero-order valence-corrected chi connectivity index (χ0v) is 15.7. The Hall–Kier alpha value is -3.46. The number of hydrogen-bond donors (Lipinski definition) is 2. The maximum Gasteiger partial charge on any atom is 0.261 e. The highest BCUT2D eigenvalue weighted by molar-refractivity contribution is 6.10. The number of hydrogen-bond acceptors (Lipinski definition) is 6. The zero-order valence-electron chi connectivity index (χ0n) is 15.7. The van der Waals surface area contributed by atoms with Crippen molar-refractivity contribution in [3.05, 3.63) is 47.9 Å². The van der Waals surface area contributed by atoms with Crippen molar-refractivity contribution in [3.8, 4) is 0 Å². The summed E-state index contributed by atoms with van der Waals surface area (Å²) in [6.45, 7) is 2.67. The van der Waals surface area contributed by atoms with Crippen LogP contribution in [0, 0.1) is 0 Å². The Labute approximate surface area is 166 Å².